The van der Waals surface area contributed by atoms with Gasteiger partial charge in [-0.05, 0) is 60.8 Å². The molecule has 1 atom stereocenters. The Kier molecular flexibility index (Phi) is 6.86. The van der Waals surface area contributed by atoms with Crippen molar-refractivity contribution in [3.05, 3.63) is 130 Å². The van der Waals surface area contributed by atoms with Crippen molar-refractivity contribution in [3.8, 4) is 11.3 Å². The Morgan fingerprint density at radius 3 is 2.64 bits per heavy atom. The molecule has 1 aliphatic heterocycles. The maximum Gasteiger partial charge on any atom is 0.271 e. The van der Waals surface area contributed by atoms with E-state index in [4.69, 9.17) is 27.6 Å². The van der Waals surface area contributed by atoms with Gasteiger partial charge < -0.3 is 9.73 Å². The highest BCUT2D eigenvalue weighted by Crippen LogP contribution is 2.34. The number of amides is 1. The molecule has 1 N–H and O–H groups in total. The third-order valence-electron chi connectivity index (χ3n) is 6.21. The monoisotopic (exact) mass is 591 g/mol. The first kappa shape index (κ1) is 25.6. The van der Waals surface area contributed by atoms with Gasteiger partial charge in [0.15, 0.2) is 4.80 Å². The van der Waals surface area contributed by atoms with Crippen molar-refractivity contribution in [3.63, 3.8) is 0 Å². The van der Waals surface area contributed by atoms with Crippen molar-refractivity contribution in [2.45, 2.75) is 13.0 Å². The average molecular weight is 593 g/mol. The molecule has 2 aromatic carbocycles. The molecule has 0 radical (unpaired) electrons. The normalized spacial score (nSPS) is 15.3. The number of furan rings is 1. The lowest BCUT2D eigenvalue weighted by Gasteiger charge is -2.24. The number of fused-ring (bicyclic) bond motifs is 1. The van der Waals surface area contributed by atoms with Gasteiger partial charge in [0, 0.05) is 27.2 Å². The Hall–Kier alpha value is -3.69. The van der Waals surface area contributed by atoms with Crippen LogP contribution in [0.5, 0.6) is 0 Å². The van der Waals surface area contributed by atoms with Gasteiger partial charge in [-0.25, -0.2) is 4.99 Å². The highest BCUT2D eigenvalue weighted by Gasteiger charge is 2.33. The summed E-state index contributed by atoms with van der Waals surface area (Å²) in [6, 6.07) is 21.2. The Morgan fingerprint density at radius 2 is 1.90 bits per heavy atom. The molecule has 1 aliphatic rings. The van der Waals surface area contributed by atoms with Crippen molar-refractivity contribution in [1.82, 2.24) is 4.57 Å². The minimum atomic E-state index is -0.604. The quantitative estimate of drug-likeness (QED) is 0.253. The van der Waals surface area contributed by atoms with Crippen LogP contribution in [0.1, 0.15) is 23.6 Å². The van der Waals surface area contributed by atoms with E-state index in [2.05, 4.69) is 10.3 Å². The SMILES string of the molecule is CC1=C(C(=O)Nc2ccccc2)C(c2cccs2)n2c(s/c(=C\c3ccc(-c4ccc(Cl)cc4Cl)o3)c2=O)=N1. The van der Waals surface area contributed by atoms with Crippen molar-refractivity contribution in [2.75, 3.05) is 5.32 Å². The Labute approximate surface area is 240 Å². The van der Waals surface area contributed by atoms with Gasteiger partial charge in [0.2, 0.25) is 0 Å². The molecule has 5 aromatic rings. The third kappa shape index (κ3) is 4.92. The zero-order valence-corrected chi connectivity index (χ0v) is 23.5. The predicted octanol–water partition coefficient (Wildman–Crippen LogP) is 6.50. The molecular weight excluding hydrogens is 573 g/mol. The Balaban J connectivity index is 1.42. The van der Waals surface area contributed by atoms with Gasteiger partial charge in [0.1, 0.15) is 17.6 Å². The van der Waals surface area contributed by atoms with Crippen molar-refractivity contribution in [2.24, 2.45) is 4.99 Å². The molecule has 6 nitrogen and oxygen atoms in total. The molecule has 0 saturated carbocycles. The molecular formula is C29H19Cl2N3O3S2. The third-order valence-corrected chi connectivity index (χ3v) is 8.66. The van der Waals surface area contributed by atoms with Crippen LogP contribution in [0.3, 0.4) is 0 Å². The number of thiazole rings is 1. The number of nitrogens with zero attached hydrogens (tertiary/aromatic N) is 2. The first-order valence-corrected chi connectivity index (χ1v) is 14.3. The topological polar surface area (TPSA) is 76.6 Å². The summed E-state index contributed by atoms with van der Waals surface area (Å²) in [7, 11) is 0. The fourth-order valence-electron chi connectivity index (χ4n) is 4.44. The van der Waals surface area contributed by atoms with Crippen molar-refractivity contribution < 1.29 is 9.21 Å². The number of hydrogen-bond donors (Lipinski definition) is 1. The average Bonchev–Trinajstić information content (AvgIpc) is 3.66. The number of allylic oxidation sites excluding steroid dienone is 1. The van der Waals surface area contributed by atoms with Gasteiger partial charge in [0.05, 0.1) is 20.8 Å². The van der Waals surface area contributed by atoms with Gasteiger partial charge >= 0.3 is 0 Å². The molecule has 6 rings (SSSR count). The Morgan fingerprint density at radius 1 is 1.08 bits per heavy atom. The number of carbonyl (C=O) groups is 1. The lowest BCUT2D eigenvalue weighted by molar-refractivity contribution is -0.113. The van der Waals surface area contributed by atoms with Crippen LogP contribution in [-0.2, 0) is 4.79 Å². The van der Waals surface area contributed by atoms with Crippen LogP contribution in [0.15, 0.2) is 104 Å². The molecule has 39 heavy (non-hydrogen) atoms. The lowest BCUT2D eigenvalue weighted by atomic mass is 10.0. The number of para-hydroxylation sites is 1. The summed E-state index contributed by atoms with van der Waals surface area (Å²) < 4.78 is 8.03. The number of hydrogen-bond acceptors (Lipinski definition) is 6. The zero-order chi connectivity index (χ0) is 27.1. The minimum Gasteiger partial charge on any atom is -0.457 e. The second-order valence-corrected chi connectivity index (χ2v) is 11.6. The summed E-state index contributed by atoms with van der Waals surface area (Å²) in [6.07, 6.45) is 1.69. The highest BCUT2D eigenvalue weighted by molar-refractivity contribution is 7.10. The van der Waals surface area contributed by atoms with Gasteiger partial charge in [-0.15, -0.1) is 11.3 Å². The first-order valence-electron chi connectivity index (χ1n) is 11.9. The molecule has 4 heterocycles. The summed E-state index contributed by atoms with van der Waals surface area (Å²) in [4.78, 5) is 33.3. The number of aromatic nitrogens is 1. The van der Waals surface area contributed by atoms with Gasteiger partial charge in [-0.2, -0.15) is 0 Å². The summed E-state index contributed by atoms with van der Waals surface area (Å²) in [6.45, 7) is 1.80. The second kappa shape index (κ2) is 10.5. The van der Waals surface area contributed by atoms with Crippen LogP contribution < -0.4 is 20.2 Å². The molecule has 0 saturated heterocycles. The maximum absolute atomic E-state index is 13.8. The molecule has 1 amide bonds. The van der Waals surface area contributed by atoms with Crippen LogP contribution in [0.25, 0.3) is 17.4 Å². The first-order chi connectivity index (χ1) is 18.9. The summed E-state index contributed by atoms with van der Waals surface area (Å²) in [5.74, 6) is 0.750. The number of benzene rings is 2. The number of thiophene rings is 1. The van der Waals surface area contributed by atoms with E-state index in [0.29, 0.717) is 53.4 Å². The molecule has 0 bridgehead atoms. The van der Waals surface area contributed by atoms with E-state index in [9.17, 15) is 9.59 Å². The summed E-state index contributed by atoms with van der Waals surface area (Å²) >= 11 is 15.1. The smallest absolute Gasteiger partial charge is 0.271 e. The van der Waals surface area contributed by atoms with Gasteiger partial charge in [0.25, 0.3) is 11.5 Å². The lowest BCUT2D eigenvalue weighted by Crippen LogP contribution is -2.40. The molecule has 1 unspecified atom stereocenters. The largest absolute Gasteiger partial charge is 0.457 e. The minimum absolute atomic E-state index is 0.253. The van der Waals surface area contributed by atoms with Crippen LogP contribution >= 0.6 is 45.9 Å². The fraction of sp³-hybridized carbons (Fsp3) is 0.0690. The van der Waals surface area contributed by atoms with Gasteiger partial charge in [-0.3, -0.25) is 14.2 Å². The maximum atomic E-state index is 13.8. The number of halogens is 2. The van der Waals surface area contributed by atoms with Crippen molar-refractivity contribution in [1.29, 1.82) is 0 Å². The number of rotatable bonds is 5. The molecule has 194 valence electrons. The molecule has 3 aromatic heterocycles. The van der Waals surface area contributed by atoms with E-state index in [1.807, 2.05) is 47.8 Å². The number of carbonyl (C=O) groups excluding carboxylic acids is 1. The number of nitrogens with one attached hydrogen (secondary N) is 1. The van der Waals surface area contributed by atoms with E-state index in [0.717, 1.165) is 4.88 Å². The van der Waals surface area contributed by atoms with Crippen molar-refractivity contribution >= 4 is 63.5 Å². The predicted molar refractivity (Wildman–Crippen MR) is 157 cm³/mol. The number of anilines is 1. The van der Waals surface area contributed by atoms with Crippen LogP contribution in [0, 0.1) is 0 Å². The molecule has 0 spiro atoms. The van der Waals surface area contributed by atoms with E-state index in [1.165, 1.54) is 22.7 Å². The van der Waals surface area contributed by atoms with E-state index in [-0.39, 0.29) is 11.5 Å². The Bertz CT molecular complexity index is 1920. The second-order valence-electron chi connectivity index (χ2n) is 8.74. The van der Waals surface area contributed by atoms with E-state index >= 15 is 0 Å². The standard InChI is InChI=1S/C29H19Cl2N3O3S2/c1-16-25(27(35)33-18-6-3-2-4-7-18)26(23-8-5-13-38-23)34-28(36)24(39-29(34)32-16)15-19-10-12-22(37-19)20-11-9-17(30)14-21(20)31/h2-15,26H,1H3,(H,33,35)/b24-15-. The summed E-state index contributed by atoms with van der Waals surface area (Å²) in [5.41, 5.74) is 2.10. The molecule has 0 fully saturated rings. The van der Waals surface area contributed by atoms with E-state index < -0.39 is 6.04 Å². The molecule has 10 heteroatoms. The van der Waals surface area contributed by atoms with E-state index in [1.54, 1.807) is 47.9 Å². The van der Waals surface area contributed by atoms with Gasteiger partial charge in [-0.1, -0.05) is 58.8 Å². The highest BCUT2D eigenvalue weighted by atomic mass is 35.5. The fourth-order valence-corrected chi connectivity index (χ4v) is 6.79. The van der Waals surface area contributed by atoms with Crippen LogP contribution in [0.4, 0.5) is 5.69 Å². The molecule has 0 aliphatic carbocycles. The van der Waals surface area contributed by atoms with Crippen LogP contribution in [-0.4, -0.2) is 10.5 Å². The van der Waals surface area contributed by atoms with Crippen LogP contribution in [0.2, 0.25) is 10.0 Å². The zero-order valence-electron chi connectivity index (χ0n) is 20.4. The summed E-state index contributed by atoms with van der Waals surface area (Å²) in [5, 5.41) is 5.88.